The molecule has 1 fully saturated rings. The van der Waals surface area contributed by atoms with Crippen LogP contribution >= 0.6 is 0 Å². The minimum absolute atomic E-state index is 0.0503. The highest BCUT2D eigenvalue weighted by Crippen LogP contribution is 1.98. The lowest BCUT2D eigenvalue weighted by Gasteiger charge is -2.27. The Morgan fingerprint density at radius 3 is 2.67 bits per heavy atom. The normalized spacial score (nSPS) is 17.1. The zero-order valence-electron chi connectivity index (χ0n) is 12.8. The number of nitrogens with one attached hydrogen (secondary N) is 2. The van der Waals surface area contributed by atoms with Gasteiger partial charge in [0.25, 0.3) is 10.2 Å². The first-order valence-corrected chi connectivity index (χ1v) is 8.60. The number of methoxy groups -OCH3 is 1. The van der Waals surface area contributed by atoms with Crippen LogP contribution in [-0.2, 0) is 19.7 Å². The van der Waals surface area contributed by atoms with E-state index in [1.54, 1.807) is 0 Å². The monoisotopic (exact) mass is 322 g/mol. The molecular weight excluding hydrogens is 296 g/mol. The van der Waals surface area contributed by atoms with E-state index in [2.05, 4.69) is 19.7 Å². The number of piperazine rings is 1. The van der Waals surface area contributed by atoms with Crippen LogP contribution in [0.1, 0.15) is 12.8 Å². The van der Waals surface area contributed by atoms with Crippen molar-refractivity contribution in [2.75, 3.05) is 60.0 Å². The summed E-state index contributed by atoms with van der Waals surface area (Å²) in [6.45, 7) is 5.38. The van der Waals surface area contributed by atoms with E-state index in [4.69, 9.17) is 0 Å². The number of hydrogen-bond acceptors (Lipinski definition) is 6. The van der Waals surface area contributed by atoms with Gasteiger partial charge in [0.05, 0.1) is 13.5 Å². The van der Waals surface area contributed by atoms with Crippen LogP contribution in [0.25, 0.3) is 0 Å². The number of esters is 1. The predicted octanol–water partition coefficient (Wildman–Crippen LogP) is -1.39. The average Bonchev–Trinajstić information content (AvgIpc) is 2.49. The summed E-state index contributed by atoms with van der Waals surface area (Å²) >= 11 is 0. The molecule has 0 bridgehead atoms. The third-order valence-electron chi connectivity index (χ3n) is 3.41. The Morgan fingerprint density at radius 2 is 2.05 bits per heavy atom. The van der Waals surface area contributed by atoms with Gasteiger partial charge in [-0.05, 0) is 13.0 Å². The Hall–Kier alpha value is -0.740. The summed E-state index contributed by atoms with van der Waals surface area (Å²) in [6, 6.07) is 0. The largest absolute Gasteiger partial charge is 0.469 e. The minimum Gasteiger partial charge on any atom is -0.469 e. The maximum absolute atomic E-state index is 11.9. The van der Waals surface area contributed by atoms with Gasteiger partial charge < -0.3 is 15.0 Å². The van der Waals surface area contributed by atoms with Crippen LogP contribution < -0.4 is 10.0 Å². The smallest absolute Gasteiger partial charge is 0.306 e. The Bertz CT molecular complexity index is 409. The van der Waals surface area contributed by atoms with Crippen molar-refractivity contribution in [1.29, 1.82) is 0 Å². The van der Waals surface area contributed by atoms with Crippen LogP contribution in [0.2, 0.25) is 0 Å². The number of ether oxygens (including phenoxy) is 1. The molecule has 0 atom stereocenters. The second-order valence-corrected chi connectivity index (χ2v) is 6.85. The predicted molar refractivity (Wildman–Crippen MR) is 80.1 cm³/mol. The van der Waals surface area contributed by atoms with Crippen LogP contribution in [0.15, 0.2) is 0 Å². The van der Waals surface area contributed by atoms with E-state index in [-0.39, 0.29) is 13.0 Å². The lowest BCUT2D eigenvalue weighted by molar-refractivity contribution is -0.140. The molecule has 1 aliphatic rings. The van der Waals surface area contributed by atoms with Gasteiger partial charge in [-0.3, -0.25) is 4.79 Å². The summed E-state index contributed by atoms with van der Waals surface area (Å²) in [5, 5.41) is 3.27. The van der Waals surface area contributed by atoms with Crippen molar-refractivity contribution < 1.29 is 17.9 Å². The lowest BCUT2D eigenvalue weighted by atomic mass is 10.3. The van der Waals surface area contributed by atoms with E-state index in [1.165, 1.54) is 14.2 Å². The molecule has 0 amide bonds. The Kier molecular flexibility index (Phi) is 8.12. The Morgan fingerprint density at radius 1 is 1.38 bits per heavy atom. The highest BCUT2D eigenvalue weighted by atomic mass is 32.2. The molecule has 0 aromatic heterocycles. The molecular formula is C12H26N4O4S. The Labute approximate surface area is 127 Å². The van der Waals surface area contributed by atoms with E-state index in [0.717, 1.165) is 43.4 Å². The third-order valence-corrected chi connectivity index (χ3v) is 4.99. The van der Waals surface area contributed by atoms with Crippen LogP contribution in [0.5, 0.6) is 0 Å². The molecule has 8 nitrogen and oxygen atoms in total. The van der Waals surface area contributed by atoms with Gasteiger partial charge in [0.2, 0.25) is 0 Å². The van der Waals surface area contributed by atoms with Gasteiger partial charge in [-0.1, -0.05) is 0 Å². The highest BCUT2D eigenvalue weighted by Gasteiger charge is 2.18. The van der Waals surface area contributed by atoms with Crippen molar-refractivity contribution in [2.24, 2.45) is 0 Å². The molecule has 9 heteroatoms. The molecule has 0 aromatic rings. The van der Waals surface area contributed by atoms with E-state index < -0.39 is 16.2 Å². The number of hydrogen-bond donors (Lipinski definition) is 2. The summed E-state index contributed by atoms with van der Waals surface area (Å²) in [5.41, 5.74) is 0. The molecule has 0 aromatic carbocycles. The SMILES string of the molecule is COC(=O)CCN(C)S(=O)(=O)NCCCN1CCNCC1. The molecule has 21 heavy (non-hydrogen) atoms. The van der Waals surface area contributed by atoms with Crippen molar-refractivity contribution in [2.45, 2.75) is 12.8 Å². The maximum Gasteiger partial charge on any atom is 0.306 e. The first kappa shape index (κ1) is 18.3. The fraction of sp³-hybridized carbons (Fsp3) is 0.917. The van der Waals surface area contributed by atoms with Crippen molar-refractivity contribution in [3.8, 4) is 0 Å². The molecule has 2 N–H and O–H groups in total. The molecule has 1 heterocycles. The molecule has 0 aliphatic carbocycles. The molecule has 0 spiro atoms. The van der Waals surface area contributed by atoms with Crippen LogP contribution in [0, 0.1) is 0 Å². The van der Waals surface area contributed by atoms with Crippen molar-refractivity contribution in [3.05, 3.63) is 0 Å². The van der Waals surface area contributed by atoms with Crippen molar-refractivity contribution in [1.82, 2.24) is 19.2 Å². The standard InChI is InChI=1S/C12H26N4O4S/c1-15(9-4-12(17)20-2)21(18,19)14-5-3-8-16-10-6-13-7-11-16/h13-14H,3-11H2,1-2H3. The molecule has 0 saturated carbocycles. The summed E-state index contributed by atoms with van der Waals surface area (Å²) in [6.07, 6.45) is 0.818. The zero-order chi connectivity index (χ0) is 15.7. The number of carbonyl (C=O) groups excluding carboxylic acids is 1. The van der Waals surface area contributed by atoms with Gasteiger partial charge in [-0.2, -0.15) is 12.7 Å². The van der Waals surface area contributed by atoms with E-state index >= 15 is 0 Å². The number of rotatable bonds is 9. The van der Waals surface area contributed by atoms with Crippen LogP contribution in [0.4, 0.5) is 0 Å². The minimum atomic E-state index is -3.52. The molecule has 1 rings (SSSR count). The summed E-state index contributed by atoms with van der Waals surface area (Å²) in [5.74, 6) is -0.421. The maximum atomic E-state index is 11.9. The van der Waals surface area contributed by atoms with E-state index in [9.17, 15) is 13.2 Å². The van der Waals surface area contributed by atoms with Gasteiger partial charge >= 0.3 is 5.97 Å². The Balaban J connectivity index is 2.20. The second-order valence-electron chi connectivity index (χ2n) is 4.99. The number of nitrogens with zero attached hydrogens (tertiary/aromatic N) is 2. The molecule has 0 radical (unpaired) electrons. The molecule has 124 valence electrons. The van der Waals surface area contributed by atoms with Gasteiger partial charge in [0.1, 0.15) is 0 Å². The fourth-order valence-corrected chi connectivity index (χ4v) is 2.97. The van der Waals surface area contributed by atoms with Gasteiger partial charge in [0.15, 0.2) is 0 Å². The summed E-state index contributed by atoms with van der Waals surface area (Å²) in [4.78, 5) is 13.3. The van der Waals surface area contributed by atoms with Crippen molar-refractivity contribution >= 4 is 16.2 Å². The molecule has 0 unspecified atom stereocenters. The third kappa shape index (κ3) is 7.18. The van der Waals surface area contributed by atoms with Crippen LogP contribution in [-0.4, -0.2) is 83.6 Å². The van der Waals surface area contributed by atoms with Gasteiger partial charge in [-0.25, -0.2) is 4.72 Å². The quantitative estimate of drug-likeness (QED) is 0.401. The topological polar surface area (TPSA) is 91.0 Å². The number of carbonyl (C=O) groups is 1. The highest BCUT2D eigenvalue weighted by molar-refractivity contribution is 7.87. The zero-order valence-corrected chi connectivity index (χ0v) is 13.6. The molecule has 1 aliphatic heterocycles. The van der Waals surface area contributed by atoms with Gasteiger partial charge in [-0.15, -0.1) is 0 Å². The second kappa shape index (κ2) is 9.31. The summed E-state index contributed by atoms with van der Waals surface area (Å²) in [7, 11) is -0.793. The lowest BCUT2D eigenvalue weighted by Crippen LogP contribution is -2.45. The van der Waals surface area contributed by atoms with Crippen molar-refractivity contribution in [3.63, 3.8) is 0 Å². The van der Waals surface area contributed by atoms with Crippen LogP contribution in [0.3, 0.4) is 0 Å². The molecule has 1 saturated heterocycles. The first-order valence-electron chi connectivity index (χ1n) is 7.16. The van der Waals surface area contributed by atoms with E-state index in [1.807, 2.05) is 0 Å². The van der Waals surface area contributed by atoms with E-state index in [0.29, 0.717) is 6.54 Å². The van der Waals surface area contributed by atoms with Gasteiger partial charge in [0, 0.05) is 46.3 Å². The average molecular weight is 322 g/mol. The first-order chi connectivity index (χ1) is 9.95. The summed E-state index contributed by atoms with van der Waals surface area (Å²) < 4.78 is 32.0. The fourth-order valence-electron chi connectivity index (χ4n) is 2.02.